The number of benzene rings is 5. The van der Waals surface area contributed by atoms with E-state index < -0.39 is 210 Å². The van der Waals surface area contributed by atoms with E-state index in [0.717, 1.165) is 17.0 Å². The van der Waals surface area contributed by atoms with Crippen LogP contribution in [0.4, 0.5) is 105 Å². The predicted octanol–water partition coefficient (Wildman–Crippen LogP) is 12.7. The lowest BCUT2D eigenvalue weighted by Gasteiger charge is -2.46. The van der Waals surface area contributed by atoms with Crippen LogP contribution < -0.4 is 26.4 Å². The van der Waals surface area contributed by atoms with Crippen LogP contribution in [0.3, 0.4) is 0 Å². The normalized spacial score (nSPS) is 13.3. The van der Waals surface area contributed by atoms with Crippen molar-refractivity contribution in [2.75, 3.05) is 0 Å². The van der Waals surface area contributed by atoms with Gasteiger partial charge in [0.2, 0.25) is 5.52 Å². The van der Waals surface area contributed by atoms with Crippen LogP contribution in [-0.2, 0) is 56.0 Å². The minimum absolute atomic E-state index is 0.0681. The number of allylic oxidation sites excluding steroid dienone is 1. The maximum atomic E-state index is 14.2. The van der Waals surface area contributed by atoms with E-state index in [-0.39, 0.29) is 6.54 Å². The molecule has 0 saturated carbocycles. The van der Waals surface area contributed by atoms with Gasteiger partial charge in [0.25, 0.3) is 0 Å². The van der Waals surface area contributed by atoms with Gasteiger partial charge >= 0.3 is 55.2 Å². The molecule has 7 nitrogen and oxygen atoms in total. The van der Waals surface area contributed by atoms with Crippen molar-refractivity contribution < 1.29 is 120 Å². The predicted molar refractivity (Wildman–Crippen MR) is 216 cm³/mol. The Bertz CT molecular complexity index is 2750. The van der Waals surface area contributed by atoms with Crippen molar-refractivity contribution in [1.82, 2.24) is 0 Å². The SMILES string of the molecule is FC(F)(F)c1cc([B-](c2cc(C(F)(F)F)cc(C(F)(F)F)c2)(c2cc(C(F)(F)F)cc(C(F)(F)F)c2)c2cc(C(F)(F)F)cc(C(F)(F)F)c2)cc(C(F)(F)F)c1.O=[N+]([O-])C(=CC[n+]1cccc2ccccc21)[N+](=O)[O-]. The third-order valence-electron chi connectivity index (χ3n) is 11.1. The lowest BCUT2D eigenvalue weighted by atomic mass is 9.12. The second kappa shape index (κ2) is 20.2. The summed E-state index contributed by atoms with van der Waals surface area (Å²) in [5.74, 6) is -1.01. The average molecular weight is 1120 g/mol. The molecular weight excluding hydrogens is 1100 g/mol. The summed E-state index contributed by atoms with van der Waals surface area (Å²) in [5, 5.41) is 22.0. The number of rotatable bonds is 8. The van der Waals surface area contributed by atoms with E-state index >= 15 is 0 Å². The summed E-state index contributed by atoms with van der Waals surface area (Å²) in [5.41, 5.74) is -29.4. The second-order valence-corrected chi connectivity index (χ2v) is 16.0. The molecule has 0 N–H and O–H groups in total. The molecule has 0 bridgehead atoms. The van der Waals surface area contributed by atoms with Gasteiger partial charge in [0, 0.05) is 17.5 Å². The number of para-hydroxylation sites is 1. The zero-order valence-corrected chi connectivity index (χ0v) is 36.4. The van der Waals surface area contributed by atoms with Crippen molar-refractivity contribution in [3.05, 3.63) is 192 Å². The van der Waals surface area contributed by atoms with Crippen LogP contribution in [0.5, 0.6) is 0 Å². The van der Waals surface area contributed by atoms with E-state index in [2.05, 4.69) is 0 Å². The lowest BCUT2D eigenvalue weighted by Crippen LogP contribution is -2.75. The molecule has 408 valence electrons. The summed E-state index contributed by atoms with van der Waals surface area (Å²) in [6, 6.07) is 2.34. The van der Waals surface area contributed by atoms with E-state index in [0.29, 0.717) is 0 Å². The fourth-order valence-corrected chi connectivity index (χ4v) is 7.85. The van der Waals surface area contributed by atoms with Gasteiger partial charge in [-0.15, -0.1) is 0 Å². The maximum absolute atomic E-state index is 14.2. The van der Waals surface area contributed by atoms with Gasteiger partial charge in [-0.3, -0.25) is 20.2 Å². The first kappa shape index (κ1) is 59.3. The quantitative estimate of drug-likeness (QED) is 0.0499. The zero-order chi connectivity index (χ0) is 57.7. The average Bonchev–Trinajstić information content (AvgIpc) is 3.27. The fraction of sp³-hybridized carbons (Fsp3) is 0.205. The summed E-state index contributed by atoms with van der Waals surface area (Å²) in [7, 11) is 0. The van der Waals surface area contributed by atoms with Crippen molar-refractivity contribution >= 4 is 38.9 Å². The highest BCUT2D eigenvalue weighted by Gasteiger charge is 2.47. The van der Waals surface area contributed by atoms with Crippen LogP contribution in [0.1, 0.15) is 44.5 Å². The lowest BCUT2D eigenvalue weighted by molar-refractivity contribution is -0.666. The molecule has 0 fully saturated rings. The molecule has 0 saturated heterocycles. The Morgan fingerprint density at radius 1 is 0.395 bits per heavy atom. The summed E-state index contributed by atoms with van der Waals surface area (Å²) < 4.78 is 343. The molecule has 0 aliphatic heterocycles. The van der Waals surface area contributed by atoms with Gasteiger partial charge in [-0.1, -0.05) is 60.7 Å². The first-order chi connectivity index (χ1) is 34.4. The number of aromatic nitrogens is 1. The van der Waals surface area contributed by atoms with Crippen LogP contribution in [0.2, 0.25) is 0 Å². The number of halogens is 24. The van der Waals surface area contributed by atoms with Crippen LogP contribution in [0.25, 0.3) is 10.9 Å². The Balaban J connectivity index is 0.000000468. The molecule has 0 spiro atoms. The summed E-state index contributed by atoms with van der Waals surface area (Å²) in [4.78, 5) is 19.0. The molecule has 1 heterocycles. The number of fused-ring (bicyclic) bond motifs is 1. The van der Waals surface area contributed by atoms with E-state index in [4.69, 9.17) is 0 Å². The Kier molecular flexibility index (Phi) is 15.8. The van der Waals surface area contributed by atoms with Gasteiger partial charge < -0.3 is 0 Å². The Labute approximate surface area is 406 Å². The minimum atomic E-state index is -6.13. The summed E-state index contributed by atoms with van der Waals surface area (Å²) >= 11 is 0. The Morgan fingerprint density at radius 3 is 0.868 bits per heavy atom. The molecule has 6 rings (SSSR count). The summed E-state index contributed by atoms with van der Waals surface area (Å²) in [6.45, 7) is 0.0681. The van der Waals surface area contributed by atoms with E-state index in [1.165, 1.54) is 0 Å². The molecule has 0 radical (unpaired) electrons. The van der Waals surface area contributed by atoms with E-state index in [1.54, 1.807) is 16.8 Å². The highest BCUT2D eigenvalue weighted by molar-refractivity contribution is 7.20. The maximum Gasteiger partial charge on any atom is 0.560 e. The molecule has 0 atom stereocenters. The van der Waals surface area contributed by atoms with Crippen LogP contribution in [-0.4, -0.2) is 16.0 Å². The topological polar surface area (TPSA) is 90.2 Å². The molecule has 5 aromatic carbocycles. The van der Waals surface area contributed by atoms with Crippen molar-refractivity contribution in [3.63, 3.8) is 0 Å². The molecule has 0 aliphatic rings. The summed E-state index contributed by atoms with van der Waals surface area (Å²) in [6.07, 6.45) is -52.1. The molecule has 0 aliphatic carbocycles. The molecule has 1 aromatic heterocycles. The zero-order valence-electron chi connectivity index (χ0n) is 36.4. The third kappa shape index (κ3) is 13.3. The standard InChI is InChI=1S/C32H12BF24.C12H10N3O4/c34-25(35,36)13-1-14(26(37,38)39)6-21(5-13)33(22-7-15(27(40,41)42)2-16(8-22)28(43,44)45,23-9-17(29(46,47)48)3-18(10-23)30(49,50)51)24-11-19(31(52,53)54)4-20(12-24)32(55,56)57;16-14(17)12(15(18)19)7-9-13-8-3-5-10-4-1-2-6-11(10)13/h1-12H;1-8H,9H2/q-1;+1. The molecule has 6 aromatic rings. The second-order valence-electron chi connectivity index (χ2n) is 16.0. The van der Waals surface area contributed by atoms with Crippen molar-refractivity contribution in [2.45, 2.75) is 56.0 Å². The van der Waals surface area contributed by atoms with Gasteiger partial charge in [-0.05, 0) is 36.4 Å². The van der Waals surface area contributed by atoms with E-state index in [9.17, 15) is 126 Å². The first-order valence-corrected chi connectivity index (χ1v) is 20.1. The van der Waals surface area contributed by atoms with Crippen LogP contribution in [0, 0.1) is 20.2 Å². The molecule has 32 heteroatoms. The third-order valence-corrected chi connectivity index (χ3v) is 11.1. The number of pyridine rings is 1. The number of nitro groups is 2. The first-order valence-electron chi connectivity index (χ1n) is 20.1. The number of hydrogen-bond donors (Lipinski definition) is 0. The monoisotopic (exact) mass is 1120 g/mol. The van der Waals surface area contributed by atoms with Gasteiger partial charge in [0.05, 0.1) is 44.5 Å². The molecule has 0 unspecified atom stereocenters. The fourth-order valence-electron chi connectivity index (χ4n) is 7.85. The molecule has 0 amide bonds. The van der Waals surface area contributed by atoms with Crippen LogP contribution >= 0.6 is 0 Å². The van der Waals surface area contributed by atoms with E-state index in [1.807, 2.05) is 30.3 Å². The number of alkyl halides is 24. The number of nitrogens with zero attached hydrogens (tertiary/aromatic N) is 3. The highest BCUT2D eigenvalue weighted by atomic mass is 19.4. The van der Waals surface area contributed by atoms with Gasteiger partial charge in [0.1, 0.15) is 22.1 Å². The Morgan fingerprint density at radius 2 is 0.632 bits per heavy atom. The van der Waals surface area contributed by atoms with Gasteiger partial charge in [0.15, 0.2) is 12.7 Å². The number of hydrogen-bond acceptors (Lipinski definition) is 4. The smallest absolute Gasteiger partial charge is 0.253 e. The van der Waals surface area contributed by atoms with Crippen LogP contribution in [0.15, 0.2) is 127 Å². The Hall–Kier alpha value is -7.57. The molecule has 76 heavy (non-hydrogen) atoms. The van der Waals surface area contributed by atoms with Crippen molar-refractivity contribution in [1.29, 1.82) is 0 Å². The van der Waals surface area contributed by atoms with Crippen molar-refractivity contribution in [2.24, 2.45) is 0 Å². The molecular formula is C44H22BF24N3O4. The van der Waals surface area contributed by atoms with Gasteiger partial charge in [-0.2, -0.15) is 132 Å². The highest BCUT2D eigenvalue weighted by Crippen LogP contribution is 2.41. The minimum Gasteiger partial charge on any atom is -0.253 e. The van der Waals surface area contributed by atoms with Gasteiger partial charge in [-0.25, -0.2) is 0 Å². The largest absolute Gasteiger partial charge is 0.560 e. The van der Waals surface area contributed by atoms with Crippen molar-refractivity contribution in [3.8, 4) is 0 Å².